The summed E-state index contributed by atoms with van der Waals surface area (Å²) in [4.78, 5) is 4.22. The van der Waals surface area contributed by atoms with Gasteiger partial charge in [0, 0.05) is 17.8 Å². The molecule has 0 aliphatic carbocycles. The molecule has 0 N–H and O–H groups in total. The highest BCUT2D eigenvalue weighted by Gasteiger charge is 2.33. The van der Waals surface area contributed by atoms with Gasteiger partial charge in [0.2, 0.25) is 0 Å². The van der Waals surface area contributed by atoms with Crippen LogP contribution in [0.3, 0.4) is 0 Å². The molecule has 0 amide bonds. The van der Waals surface area contributed by atoms with E-state index in [0.29, 0.717) is 0 Å². The molecule has 0 bridgehead atoms. The first-order valence-corrected chi connectivity index (χ1v) is 5.97. The number of hydrogen-bond donors (Lipinski definition) is 0. The molecule has 3 nitrogen and oxygen atoms in total. The summed E-state index contributed by atoms with van der Waals surface area (Å²) in [6.07, 6.45) is -1.44. The van der Waals surface area contributed by atoms with E-state index in [1.54, 1.807) is 12.3 Å². The molecule has 3 rings (SSSR count). The van der Waals surface area contributed by atoms with E-state index >= 15 is 0 Å². The van der Waals surface area contributed by atoms with Crippen molar-refractivity contribution < 1.29 is 13.2 Å². The molecule has 0 radical (unpaired) electrons. The molecule has 0 saturated carbocycles. The minimum atomic E-state index is -4.41. The maximum absolute atomic E-state index is 12.5. The molecule has 102 valence electrons. The lowest BCUT2D eigenvalue weighted by Crippen LogP contribution is -2.08. The minimum Gasteiger partial charge on any atom is -0.268 e. The third-order valence-electron chi connectivity index (χ3n) is 3.00. The number of halogens is 3. The molecule has 2 heterocycles. The predicted molar refractivity (Wildman–Crippen MR) is 68.1 cm³/mol. The summed E-state index contributed by atoms with van der Waals surface area (Å²) in [6.45, 7) is 0.277. The van der Waals surface area contributed by atoms with Crippen LogP contribution in [0, 0.1) is 0 Å². The van der Waals surface area contributed by atoms with Gasteiger partial charge in [-0.05, 0) is 23.8 Å². The summed E-state index contributed by atoms with van der Waals surface area (Å²) >= 11 is 0. The molecule has 0 aliphatic heterocycles. The van der Waals surface area contributed by atoms with Gasteiger partial charge in [0.15, 0.2) is 5.69 Å². The van der Waals surface area contributed by atoms with Crippen molar-refractivity contribution in [2.45, 2.75) is 12.7 Å². The van der Waals surface area contributed by atoms with Crippen LogP contribution in [0.2, 0.25) is 0 Å². The lowest BCUT2D eigenvalue weighted by molar-refractivity contribution is -0.141. The van der Waals surface area contributed by atoms with Crippen LogP contribution in [-0.4, -0.2) is 14.8 Å². The maximum atomic E-state index is 12.5. The first kappa shape index (κ1) is 12.7. The lowest BCUT2D eigenvalue weighted by Gasteiger charge is -2.06. The zero-order chi connectivity index (χ0) is 14.2. The van der Waals surface area contributed by atoms with E-state index in [2.05, 4.69) is 10.1 Å². The lowest BCUT2D eigenvalue weighted by atomic mass is 10.1. The van der Waals surface area contributed by atoms with Gasteiger partial charge in [-0.3, -0.25) is 9.67 Å². The van der Waals surface area contributed by atoms with Crippen LogP contribution in [0.4, 0.5) is 13.2 Å². The fraction of sp³-hybridized carbons (Fsp3) is 0.143. The topological polar surface area (TPSA) is 30.7 Å². The summed E-state index contributed by atoms with van der Waals surface area (Å²) in [6, 6.07) is 10.3. The van der Waals surface area contributed by atoms with Gasteiger partial charge in [-0.1, -0.05) is 18.2 Å². The quantitative estimate of drug-likeness (QED) is 0.717. The molecule has 1 aromatic carbocycles. The molecule has 0 atom stereocenters. The normalized spacial score (nSPS) is 11.9. The van der Waals surface area contributed by atoms with Gasteiger partial charge < -0.3 is 0 Å². The van der Waals surface area contributed by atoms with E-state index in [9.17, 15) is 13.2 Å². The largest absolute Gasteiger partial charge is 0.435 e. The van der Waals surface area contributed by atoms with Crippen molar-refractivity contribution in [1.82, 2.24) is 14.8 Å². The second-order valence-electron chi connectivity index (χ2n) is 4.38. The first-order chi connectivity index (χ1) is 9.54. The molecule has 0 unspecified atom stereocenters. The molecule has 0 saturated heterocycles. The number of nitrogens with zero attached hydrogens (tertiary/aromatic N) is 3. The number of para-hydroxylation sites is 1. The molecule has 20 heavy (non-hydrogen) atoms. The third kappa shape index (κ3) is 2.36. The fourth-order valence-electron chi connectivity index (χ4n) is 2.07. The monoisotopic (exact) mass is 277 g/mol. The zero-order valence-corrected chi connectivity index (χ0v) is 10.3. The van der Waals surface area contributed by atoms with E-state index in [1.807, 2.05) is 24.3 Å². The molecular formula is C14H10F3N3. The summed E-state index contributed by atoms with van der Waals surface area (Å²) in [5, 5.41) is 4.47. The Labute approximate surface area is 112 Å². The Bertz CT molecular complexity index is 741. The fourth-order valence-corrected chi connectivity index (χ4v) is 2.07. The van der Waals surface area contributed by atoms with Crippen molar-refractivity contribution in [3.8, 4) is 0 Å². The van der Waals surface area contributed by atoms with Crippen LogP contribution in [0.5, 0.6) is 0 Å². The van der Waals surface area contributed by atoms with Crippen LogP contribution in [0.25, 0.3) is 10.9 Å². The Hall–Kier alpha value is -2.37. The van der Waals surface area contributed by atoms with E-state index in [1.165, 1.54) is 10.9 Å². The Kier molecular flexibility index (Phi) is 2.93. The highest BCUT2D eigenvalue weighted by atomic mass is 19.4. The second kappa shape index (κ2) is 4.63. The highest BCUT2D eigenvalue weighted by Crippen LogP contribution is 2.27. The number of benzene rings is 1. The van der Waals surface area contributed by atoms with E-state index < -0.39 is 11.9 Å². The number of fused-ring (bicyclic) bond motifs is 1. The Morgan fingerprint density at radius 2 is 1.85 bits per heavy atom. The Morgan fingerprint density at radius 1 is 1.05 bits per heavy atom. The van der Waals surface area contributed by atoms with E-state index in [0.717, 1.165) is 22.5 Å². The summed E-state index contributed by atoms with van der Waals surface area (Å²) in [7, 11) is 0. The van der Waals surface area contributed by atoms with Crippen molar-refractivity contribution in [2.24, 2.45) is 0 Å². The summed E-state index contributed by atoms with van der Waals surface area (Å²) in [5.74, 6) is 0. The van der Waals surface area contributed by atoms with Gasteiger partial charge in [-0.2, -0.15) is 18.3 Å². The molecule has 6 heteroatoms. The predicted octanol–water partition coefficient (Wildman–Crippen LogP) is 3.50. The summed E-state index contributed by atoms with van der Waals surface area (Å²) in [5.41, 5.74) is 0.816. The molecule has 0 aliphatic rings. The van der Waals surface area contributed by atoms with Crippen molar-refractivity contribution in [2.75, 3.05) is 0 Å². The smallest absolute Gasteiger partial charge is 0.268 e. The number of hydrogen-bond acceptors (Lipinski definition) is 2. The average molecular weight is 277 g/mol. The maximum Gasteiger partial charge on any atom is 0.435 e. The van der Waals surface area contributed by atoms with Gasteiger partial charge in [-0.15, -0.1) is 0 Å². The van der Waals surface area contributed by atoms with E-state index in [-0.39, 0.29) is 6.54 Å². The average Bonchev–Trinajstić information content (AvgIpc) is 2.88. The van der Waals surface area contributed by atoms with Crippen LogP contribution in [0.1, 0.15) is 11.3 Å². The zero-order valence-electron chi connectivity index (χ0n) is 10.3. The van der Waals surface area contributed by atoms with Gasteiger partial charge >= 0.3 is 6.18 Å². The Balaban J connectivity index is 1.96. The van der Waals surface area contributed by atoms with Crippen LogP contribution in [0.15, 0.2) is 48.8 Å². The van der Waals surface area contributed by atoms with Gasteiger partial charge in [-0.25, -0.2) is 0 Å². The second-order valence-corrected chi connectivity index (χ2v) is 4.38. The summed E-state index contributed by atoms with van der Waals surface area (Å²) < 4.78 is 38.8. The molecule has 0 spiro atoms. The van der Waals surface area contributed by atoms with Gasteiger partial charge in [0.05, 0.1) is 12.1 Å². The van der Waals surface area contributed by atoms with Crippen molar-refractivity contribution in [1.29, 1.82) is 0 Å². The van der Waals surface area contributed by atoms with Gasteiger partial charge in [0.1, 0.15) is 0 Å². The van der Waals surface area contributed by atoms with Crippen LogP contribution >= 0.6 is 0 Å². The number of alkyl halides is 3. The van der Waals surface area contributed by atoms with Crippen molar-refractivity contribution in [3.63, 3.8) is 0 Å². The minimum absolute atomic E-state index is 0.277. The van der Waals surface area contributed by atoms with E-state index in [4.69, 9.17) is 0 Å². The molecule has 0 fully saturated rings. The number of rotatable bonds is 2. The standard InChI is InChI=1S/C14H10F3N3/c15-14(16,17)13-6-8-20(19-13)9-10-5-7-18-12-4-2-1-3-11(10)12/h1-8H,9H2. The SMILES string of the molecule is FC(F)(F)c1ccn(Cc2ccnc3ccccc23)n1. The third-order valence-corrected chi connectivity index (χ3v) is 3.00. The molecular weight excluding hydrogens is 267 g/mol. The van der Waals surface area contributed by atoms with Crippen LogP contribution in [-0.2, 0) is 12.7 Å². The molecule has 2 aromatic heterocycles. The molecule has 3 aromatic rings. The van der Waals surface area contributed by atoms with Crippen LogP contribution < -0.4 is 0 Å². The first-order valence-electron chi connectivity index (χ1n) is 5.97. The number of aromatic nitrogens is 3. The number of pyridine rings is 1. The van der Waals surface area contributed by atoms with Crippen molar-refractivity contribution in [3.05, 3.63) is 60.0 Å². The van der Waals surface area contributed by atoms with Gasteiger partial charge in [0.25, 0.3) is 0 Å². The highest BCUT2D eigenvalue weighted by molar-refractivity contribution is 5.81. The Morgan fingerprint density at radius 3 is 2.60 bits per heavy atom. The van der Waals surface area contributed by atoms with Crippen molar-refractivity contribution >= 4 is 10.9 Å².